The Morgan fingerprint density at radius 3 is 2.30 bits per heavy atom. The molecule has 0 spiro atoms. The van der Waals surface area contributed by atoms with Gasteiger partial charge in [-0.25, -0.2) is 19.2 Å². The van der Waals surface area contributed by atoms with Crippen LogP contribution in [0, 0.1) is 16.4 Å². The largest absolute Gasteiger partial charge is 0.390 e. The lowest BCUT2D eigenvalue weighted by molar-refractivity contribution is 0.0663. The molecule has 1 atom stereocenters. The topological polar surface area (TPSA) is 140 Å². The summed E-state index contributed by atoms with van der Waals surface area (Å²) in [5.74, 6) is -0.0651. The summed E-state index contributed by atoms with van der Waals surface area (Å²) in [6, 6.07) is 5.50. The van der Waals surface area contributed by atoms with Gasteiger partial charge < -0.3 is 10.4 Å². The number of carbonyl (C=O) groups excluding carboxylic acids is 1. The van der Waals surface area contributed by atoms with Crippen molar-refractivity contribution in [2.75, 3.05) is 7.05 Å². The number of likely N-dealkylation sites (N-methyl/N-ethyl adjacent to an activating group) is 1. The minimum Gasteiger partial charge on any atom is -0.390 e. The number of imidazole rings is 1. The lowest BCUT2D eigenvalue weighted by Crippen LogP contribution is -2.54. The molecule has 0 radical (unpaired) electrons. The number of aromatic nitrogens is 2. The zero-order chi connectivity index (χ0) is 22.9. The number of nitrogens with zero attached hydrogens (tertiary/aromatic N) is 4. The van der Waals surface area contributed by atoms with Gasteiger partial charge in [0.15, 0.2) is 0 Å². The molecule has 10 nitrogen and oxygen atoms in total. The van der Waals surface area contributed by atoms with Crippen LogP contribution in [0.1, 0.15) is 41.0 Å². The molecule has 2 aromatic rings. The molecule has 0 unspecified atom stereocenters. The number of aryl methyl sites for hydroxylation is 1. The zero-order valence-electron chi connectivity index (χ0n) is 18.4. The van der Waals surface area contributed by atoms with Gasteiger partial charge in [0.25, 0.3) is 0 Å². The van der Waals surface area contributed by atoms with Crippen LogP contribution < -0.4 is 11.0 Å². The van der Waals surface area contributed by atoms with Gasteiger partial charge in [0, 0.05) is 13.6 Å². The first kappa shape index (κ1) is 23.3. The van der Waals surface area contributed by atoms with E-state index in [0.717, 1.165) is 9.58 Å². The Labute approximate surface area is 175 Å². The second kappa shape index (κ2) is 8.39. The van der Waals surface area contributed by atoms with E-state index in [1.54, 1.807) is 38.1 Å². The molecule has 0 aliphatic carbocycles. The minimum atomic E-state index is -0.957. The number of benzene rings is 1. The molecule has 2 rings (SSSR count). The summed E-state index contributed by atoms with van der Waals surface area (Å²) in [6.45, 7) is 9.12. The van der Waals surface area contributed by atoms with Crippen LogP contribution in [0.2, 0.25) is 0 Å². The van der Waals surface area contributed by atoms with Gasteiger partial charge in [0.1, 0.15) is 5.84 Å². The summed E-state index contributed by atoms with van der Waals surface area (Å²) in [4.78, 5) is 26.3. The normalized spacial score (nSPS) is 13.2. The first-order valence-corrected chi connectivity index (χ1v) is 9.71. The Hall–Kier alpha value is -3.01. The van der Waals surface area contributed by atoms with E-state index in [0.29, 0.717) is 17.5 Å². The van der Waals surface area contributed by atoms with Crippen LogP contribution in [0.25, 0.3) is 11.0 Å². The highest BCUT2D eigenvalue weighted by molar-refractivity contribution is 5.93. The number of hydrogen-bond acceptors (Lipinski definition) is 6. The highest BCUT2D eigenvalue weighted by atomic mass is 16.3. The van der Waals surface area contributed by atoms with Crippen molar-refractivity contribution in [3.63, 3.8) is 0 Å². The standard InChI is InChI=1S/C20H31N7O3/c1-19(2,3)15(16(21)25(6)24-22)23-17(28)27-14-10-8-7-9-13(14)26(18(27)29)12-11-20(4,5)30/h7-10,15,21-22,30H,11-12H2,1-6H3,(H,23,28)/t15-/m1/s1. The molecule has 1 aromatic carbocycles. The number of amides is 1. The maximum atomic E-state index is 13.2. The summed E-state index contributed by atoms with van der Waals surface area (Å²) in [5, 5.41) is 25.4. The summed E-state index contributed by atoms with van der Waals surface area (Å²) in [6.07, 6.45) is 0.341. The van der Waals surface area contributed by atoms with Gasteiger partial charge in [-0.2, -0.15) is 5.53 Å². The van der Waals surface area contributed by atoms with Crippen molar-refractivity contribution in [3.8, 4) is 0 Å². The van der Waals surface area contributed by atoms with Crippen LogP contribution in [0.4, 0.5) is 4.79 Å². The zero-order valence-corrected chi connectivity index (χ0v) is 18.4. The summed E-state index contributed by atoms with van der Waals surface area (Å²) in [5.41, 5.74) is 6.13. The van der Waals surface area contributed by atoms with Gasteiger partial charge in [-0.15, -0.1) is 0 Å². The number of amidine groups is 1. The molecule has 0 aliphatic rings. The number of aliphatic hydroxyl groups is 1. The Bertz CT molecular complexity index is 1010. The molecule has 4 N–H and O–H groups in total. The Balaban J connectivity index is 2.50. The first-order chi connectivity index (χ1) is 13.8. The molecule has 30 heavy (non-hydrogen) atoms. The molecule has 0 saturated heterocycles. The second-order valence-corrected chi connectivity index (χ2v) is 9.08. The van der Waals surface area contributed by atoms with Crippen LogP contribution in [-0.4, -0.2) is 49.8 Å². The second-order valence-electron chi connectivity index (χ2n) is 9.08. The van der Waals surface area contributed by atoms with Gasteiger partial charge >= 0.3 is 11.7 Å². The molecule has 0 bridgehead atoms. The van der Waals surface area contributed by atoms with E-state index < -0.39 is 28.8 Å². The fourth-order valence-corrected chi connectivity index (χ4v) is 3.13. The average molecular weight is 418 g/mol. The van der Waals surface area contributed by atoms with Crippen LogP contribution in [0.5, 0.6) is 0 Å². The van der Waals surface area contributed by atoms with E-state index in [1.165, 1.54) is 11.6 Å². The maximum absolute atomic E-state index is 13.2. The third-order valence-corrected chi connectivity index (χ3v) is 4.89. The average Bonchev–Trinajstić information content (AvgIpc) is 2.92. The molecule has 10 heteroatoms. The predicted molar refractivity (Wildman–Crippen MR) is 115 cm³/mol. The molecule has 1 heterocycles. The monoisotopic (exact) mass is 417 g/mol. The number of hydrogen-bond donors (Lipinski definition) is 4. The maximum Gasteiger partial charge on any atom is 0.337 e. The Kier molecular flexibility index (Phi) is 6.51. The van der Waals surface area contributed by atoms with E-state index >= 15 is 0 Å². The molecule has 0 fully saturated rings. The third kappa shape index (κ3) is 4.93. The van der Waals surface area contributed by atoms with Gasteiger partial charge in [-0.05, 0) is 37.8 Å². The Morgan fingerprint density at radius 2 is 1.80 bits per heavy atom. The SMILES string of the molecule is CN(N=N)C(=N)[C@@H](NC(=O)n1c(=O)n(CCC(C)(C)O)c2ccccc21)C(C)(C)C. The van der Waals surface area contributed by atoms with E-state index in [2.05, 4.69) is 10.5 Å². The fourth-order valence-electron chi connectivity index (χ4n) is 3.13. The van der Waals surface area contributed by atoms with Gasteiger partial charge in [-0.3, -0.25) is 9.98 Å². The van der Waals surface area contributed by atoms with Crippen molar-refractivity contribution in [1.82, 2.24) is 19.5 Å². The van der Waals surface area contributed by atoms with Crippen LogP contribution in [-0.2, 0) is 6.54 Å². The minimum absolute atomic E-state index is 0.0651. The fraction of sp³-hybridized carbons (Fsp3) is 0.550. The first-order valence-electron chi connectivity index (χ1n) is 9.71. The summed E-state index contributed by atoms with van der Waals surface area (Å²) >= 11 is 0. The molecule has 1 aromatic heterocycles. The quantitative estimate of drug-likeness (QED) is 0.248. The molecule has 164 valence electrons. The van der Waals surface area contributed by atoms with E-state index in [4.69, 9.17) is 10.9 Å². The van der Waals surface area contributed by atoms with Crippen LogP contribution in [0.3, 0.4) is 0 Å². The number of nitrogens with one attached hydrogen (secondary N) is 3. The van der Waals surface area contributed by atoms with Crippen molar-refractivity contribution in [1.29, 1.82) is 10.9 Å². The Morgan fingerprint density at radius 1 is 1.23 bits per heavy atom. The number of para-hydroxylation sites is 2. The molecular formula is C20H31N7O3. The lowest BCUT2D eigenvalue weighted by Gasteiger charge is -2.33. The van der Waals surface area contributed by atoms with Crippen LogP contribution in [0.15, 0.2) is 34.3 Å². The summed E-state index contributed by atoms with van der Waals surface area (Å²) in [7, 11) is 1.45. The molecular weight excluding hydrogens is 386 g/mol. The lowest BCUT2D eigenvalue weighted by atomic mass is 9.86. The molecule has 0 aliphatic heterocycles. The third-order valence-electron chi connectivity index (χ3n) is 4.89. The van der Waals surface area contributed by atoms with Gasteiger partial charge in [-0.1, -0.05) is 38.1 Å². The van der Waals surface area contributed by atoms with E-state index in [-0.39, 0.29) is 12.4 Å². The van der Waals surface area contributed by atoms with Gasteiger partial charge in [0.05, 0.1) is 22.7 Å². The van der Waals surface area contributed by atoms with Crippen molar-refractivity contribution in [2.24, 2.45) is 10.6 Å². The smallest absolute Gasteiger partial charge is 0.337 e. The molecule has 0 saturated carbocycles. The number of rotatable bonds is 6. The van der Waals surface area contributed by atoms with Crippen molar-refractivity contribution >= 4 is 22.9 Å². The highest BCUT2D eigenvalue weighted by Crippen LogP contribution is 2.22. The number of carbonyl (C=O) groups is 1. The van der Waals surface area contributed by atoms with E-state index in [9.17, 15) is 14.7 Å². The number of fused-ring (bicyclic) bond motifs is 1. The van der Waals surface area contributed by atoms with Crippen molar-refractivity contribution in [3.05, 3.63) is 34.7 Å². The summed E-state index contributed by atoms with van der Waals surface area (Å²) < 4.78 is 2.51. The van der Waals surface area contributed by atoms with E-state index in [1.807, 2.05) is 20.8 Å². The van der Waals surface area contributed by atoms with Crippen molar-refractivity contribution in [2.45, 2.75) is 59.2 Å². The van der Waals surface area contributed by atoms with Crippen LogP contribution >= 0.6 is 0 Å². The predicted octanol–water partition coefficient (Wildman–Crippen LogP) is 2.79. The van der Waals surface area contributed by atoms with Gasteiger partial charge in [0.2, 0.25) is 0 Å². The molecule has 1 amide bonds. The van der Waals surface area contributed by atoms with Crippen molar-refractivity contribution < 1.29 is 9.90 Å². The highest BCUT2D eigenvalue weighted by Gasteiger charge is 2.33.